The van der Waals surface area contributed by atoms with Gasteiger partial charge in [0.2, 0.25) is 0 Å². The first kappa shape index (κ1) is 8.11. The van der Waals surface area contributed by atoms with Gasteiger partial charge in [0, 0.05) is 13.1 Å². The first-order valence-electron chi connectivity index (χ1n) is 3.96. The molecule has 1 atom stereocenters. The predicted molar refractivity (Wildman–Crippen MR) is 47.5 cm³/mol. The standard InChI is InChI=1S/C8H15N3/c1-10-8(9)11-7-5-3-2-4-6-7/h2-3,7H,4-6H2,1H3,(H3,9,10,11). The van der Waals surface area contributed by atoms with Crippen molar-refractivity contribution >= 4 is 5.96 Å². The van der Waals surface area contributed by atoms with E-state index >= 15 is 0 Å². The molecule has 62 valence electrons. The molecular formula is C8H15N3. The highest BCUT2D eigenvalue weighted by atomic mass is 15.1. The van der Waals surface area contributed by atoms with E-state index < -0.39 is 0 Å². The van der Waals surface area contributed by atoms with Crippen LogP contribution in [0.5, 0.6) is 0 Å². The summed E-state index contributed by atoms with van der Waals surface area (Å²) >= 11 is 0. The summed E-state index contributed by atoms with van der Waals surface area (Å²) in [5.41, 5.74) is 5.52. The zero-order valence-corrected chi connectivity index (χ0v) is 6.88. The molecule has 0 aromatic carbocycles. The Balaban J connectivity index is 2.32. The van der Waals surface area contributed by atoms with Crippen LogP contribution in [0.1, 0.15) is 19.3 Å². The number of nitrogens with two attached hydrogens (primary N) is 1. The fraction of sp³-hybridized carbons (Fsp3) is 0.625. The van der Waals surface area contributed by atoms with Crippen LogP contribution in [0.2, 0.25) is 0 Å². The average molecular weight is 153 g/mol. The van der Waals surface area contributed by atoms with Gasteiger partial charge in [0.25, 0.3) is 0 Å². The Bertz CT molecular complexity index is 172. The normalized spacial score (nSPS) is 25.2. The molecule has 1 unspecified atom stereocenters. The molecule has 1 rings (SSSR count). The van der Waals surface area contributed by atoms with Crippen LogP contribution < -0.4 is 11.1 Å². The van der Waals surface area contributed by atoms with Gasteiger partial charge in [0.1, 0.15) is 0 Å². The molecule has 0 radical (unpaired) electrons. The maximum atomic E-state index is 5.52. The third kappa shape index (κ3) is 2.62. The lowest BCUT2D eigenvalue weighted by Gasteiger charge is -2.19. The lowest BCUT2D eigenvalue weighted by atomic mass is 10.0. The van der Waals surface area contributed by atoms with Gasteiger partial charge in [-0.2, -0.15) is 0 Å². The Morgan fingerprint density at radius 1 is 1.64 bits per heavy atom. The molecule has 11 heavy (non-hydrogen) atoms. The van der Waals surface area contributed by atoms with Crippen LogP contribution in [-0.2, 0) is 0 Å². The van der Waals surface area contributed by atoms with E-state index in [2.05, 4.69) is 22.5 Å². The van der Waals surface area contributed by atoms with Gasteiger partial charge >= 0.3 is 0 Å². The van der Waals surface area contributed by atoms with Crippen molar-refractivity contribution in [3.63, 3.8) is 0 Å². The summed E-state index contributed by atoms with van der Waals surface area (Å²) < 4.78 is 0. The number of guanidine groups is 1. The summed E-state index contributed by atoms with van der Waals surface area (Å²) in [4.78, 5) is 3.84. The van der Waals surface area contributed by atoms with Crippen LogP contribution in [0.4, 0.5) is 0 Å². The fourth-order valence-corrected chi connectivity index (χ4v) is 1.20. The lowest BCUT2D eigenvalue weighted by Crippen LogP contribution is -2.40. The van der Waals surface area contributed by atoms with E-state index in [0.717, 1.165) is 19.3 Å². The predicted octanol–water partition coefficient (Wildman–Crippen LogP) is 0.629. The Morgan fingerprint density at radius 2 is 2.45 bits per heavy atom. The van der Waals surface area contributed by atoms with Crippen molar-refractivity contribution in [3.8, 4) is 0 Å². The van der Waals surface area contributed by atoms with Crippen molar-refractivity contribution in [2.45, 2.75) is 25.3 Å². The number of aliphatic imine (C=N–C) groups is 1. The van der Waals surface area contributed by atoms with Crippen molar-refractivity contribution < 1.29 is 0 Å². The van der Waals surface area contributed by atoms with Crippen molar-refractivity contribution in [3.05, 3.63) is 12.2 Å². The zero-order valence-electron chi connectivity index (χ0n) is 6.88. The van der Waals surface area contributed by atoms with Crippen molar-refractivity contribution in [2.24, 2.45) is 10.7 Å². The van der Waals surface area contributed by atoms with Gasteiger partial charge in [0.05, 0.1) is 0 Å². The third-order valence-corrected chi connectivity index (χ3v) is 1.86. The molecule has 0 aromatic rings. The Hall–Kier alpha value is -0.990. The van der Waals surface area contributed by atoms with Gasteiger partial charge in [-0.05, 0) is 19.3 Å². The topological polar surface area (TPSA) is 50.4 Å². The monoisotopic (exact) mass is 153 g/mol. The molecule has 3 N–H and O–H groups in total. The summed E-state index contributed by atoms with van der Waals surface area (Å²) in [6, 6.07) is 0.490. The molecule has 0 heterocycles. The molecule has 1 aliphatic carbocycles. The minimum absolute atomic E-state index is 0.490. The molecule has 3 heteroatoms. The SMILES string of the molecule is CN=C(N)NC1CC=CCC1. The molecule has 0 bridgehead atoms. The van der Waals surface area contributed by atoms with Gasteiger partial charge in [-0.1, -0.05) is 12.2 Å². The quantitative estimate of drug-likeness (QED) is 0.330. The number of nitrogens with one attached hydrogen (secondary N) is 1. The Kier molecular flexibility index (Phi) is 2.95. The largest absolute Gasteiger partial charge is 0.370 e. The molecule has 0 aromatic heterocycles. The first-order chi connectivity index (χ1) is 5.33. The van der Waals surface area contributed by atoms with E-state index in [9.17, 15) is 0 Å². The van der Waals surface area contributed by atoms with Crippen LogP contribution in [-0.4, -0.2) is 19.0 Å². The third-order valence-electron chi connectivity index (χ3n) is 1.86. The zero-order chi connectivity index (χ0) is 8.10. The van der Waals surface area contributed by atoms with Crippen LogP contribution in [0, 0.1) is 0 Å². The van der Waals surface area contributed by atoms with Gasteiger partial charge in [0.15, 0.2) is 5.96 Å². The van der Waals surface area contributed by atoms with Gasteiger partial charge in [-0.3, -0.25) is 4.99 Å². The minimum atomic E-state index is 0.490. The molecule has 1 aliphatic rings. The summed E-state index contributed by atoms with van der Waals surface area (Å²) in [6.07, 6.45) is 7.76. The number of hydrogen-bond acceptors (Lipinski definition) is 1. The Morgan fingerprint density at radius 3 is 3.00 bits per heavy atom. The van der Waals surface area contributed by atoms with Crippen molar-refractivity contribution in [2.75, 3.05) is 7.05 Å². The molecule has 3 nitrogen and oxygen atoms in total. The summed E-state index contributed by atoms with van der Waals surface area (Å²) in [5, 5.41) is 3.14. The van der Waals surface area contributed by atoms with E-state index in [4.69, 9.17) is 5.73 Å². The summed E-state index contributed by atoms with van der Waals surface area (Å²) in [7, 11) is 1.70. The molecule has 0 saturated carbocycles. The highest BCUT2D eigenvalue weighted by molar-refractivity contribution is 5.77. The van der Waals surface area contributed by atoms with Crippen LogP contribution >= 0.6 is 0 Å². The summed E-state index contributed by atoms with van der Waals surface area (Å²) in [5.74, 6) is 0.547. The average Bonchev–Trinajstić information content (AvgIpc) is 2.06. The molecule has 0 fully saturated rings. The van der Waals surface area contributed by atoms with Crippen LogP contribution in [0.25, 0.3) is 0 Å². The first-order valence-corrected chi connectivity index (χ1v) is 3.96. The Labute approximate surface area is 67.4 Å². The second-order valence-corrected chi connectivity index (χ2v) is 2.73. The number of allylic oxidation sites excluding steroid dienone is 1. The maximum Gasteiger partial charge on any atom is 0.188 e. The van der Waals surface area contributed by atoms with E-state index in [1.54, 1.807) is 7.05 Å². The molecule has 0 aliphatic heterocycles. The van der Waals surface area contributed by atoms with Gasteiger partial charge in [-0.25, -0.2) is 0 Å². The number of nitrogens with zero attached hydrogens (tertiary/aromatic N) is 1. The fourth-order valence-electron chi connectivity index (χ4n) is 1.20. The van der Waals surface area contributed by atoms with E-state index in [-0.39, 0.29) is 0 Å². The number of rotatable bonds is 1. The number of hydrogen-bond donors (Lipinski definition) is 2. The van der Waals surface area contributed by atoms with Crippen LogP contribution in [0.15, 0.2) is 17.1 Å². The van der Waals surface area contributed by atoms with Crippen LogP contribution in [0.3, 0.4) is 0 Å². The molecule has 0 spiro atoms. The highest BCUT2D eigenvalue weighted by Crippen LogP contribution is 2.09. The van der Waals surface area contributed by atoms with Gasteiger partial charge < -0.3 is 11.1 Å². The molecule has 0 amide bonds. The minimum Gasteiger partial charge on any atom is -0.370 e. The van der Waals surface area contributed by atoms with Gasteiger partial charge in [-0.15, -0.1) is 0 Å². The highest BCUT2D eigenvalue weighted by Gasteiger charge is 2.08. The second-order valence-electron chi connectivity index (χ2n) is 2.73. The van der Waals surface area contributed by atoms with E-state index in [1.807, 2.05) is 0 Å². The lowest BCUT2D eigenvalue weighted by molar-refractivity contribution is 0.551. The smallest absolute Gasteiger partial charge is 0.188 e. The molecular weight excluding hydrogens is 138 g/mol. The summed E-state index contributed by atoms with van der Waals surface area (Å²) in [6.45, 7) is 0. The van der Waals surface area contributed by atoms with Crippen molar-refractivity contribution in [1.29, 1.82) is 0 Å². The molecule has 0 saturated heterocycles. The van der Waals surface area contributed by atoms with E-state index in [0.29, 0.717) is 12.0 Å². The van der Waals surface area contributed by atoms with E-state index in [1.165, 1.54) is 0 Å². The maximum absolute atomic E-state index is 5.52. The second kappa shape index (κ2) is 4.01. The van der Waals surface area contributed by atoms with Crippen molar-refractivity contribution in [1.82, 2.24) is 5.32 Å².